The SMILES string of the molecule is CS(=O)(=O)CCCNC1CC2CCC1C2. The molecule has 15 heavy (non-hydrogen) atoms. The number of hydrogen-bond donors (Lipinski definition) is 1. The molecule has 3 nitrogen and oxygen atoms in total. The fraction of sp³-hybridized carbons (Fsp3) is 1.00. The fourth-order valence-corrected chi connectivity index (χ4v) is 3.79. The molecule has 2 bridgehead atoms. The van der Waals surface area contributed by atoms with Gasteiger partial charge in [0.05, 0.1) is 5.75 Å². The molecule has 1 N–H and O–H groups in total. The number of sulfone groups is 1. The van der Waals surface area contributed by atoms with E-state index in [4.69, 9.17) is 0 Å². The van der Waals surface area contributed by atoms with Gasteiger partial charge in [-0.2, -0.15) is 0 Å². The molecule has 2 aliphatic carbocycles. The summed E-state index contributed by atoms with van der Waals surface area (Å²) in [7, 11) is -2.77. The van der Waals surface area contributed by atoms with E-state index in [-0.39, 0.29) is 0 Å². The van der Waals surface area contributed by atoms with Gasteiger partial charge in [-0.05, 0) is 44.1 Å². The first kappa shape index (κ1) is 11.4. The van der Waals surface area contributed by atoms with Gasteiger partial charge in [0, 0.05) is 12.3 Å². The van der Waals surface area contributed by atoms with Gasteiger partial charge >= 0.3 is 0 Å². The minimum absolute atomic E-state index is 0.320. The predicted octanol–water partition coefficient (Wildman–Crippen LogP) is 1.20. The molecule has 0 aromatic rings. The third-order valence-electron chi connectivity index (χ3n) is 3.84. The second kappa shape index (κ2) is 4.42. The molecule has 0 heterocycles. The molecule has 0 radical (unpaired) electrons. The Kier molecular flexibility index (Phi) is 3.36. The average Bonchev–Trinajstić information content (AvgIpc) is 2.71. The van der Waals surface area contributed by atoms with Gasteiger partial charge in [0.2, 0.25) is 0 Å². The van der Waals surface area contributed by atoms with E-state index in [9.17, 15) is 8.42 Å². The summed E-state index contributed by atoms with van der Waals surface area (Å²) in [5.74, 6) is 2.16. The molecule has 88 valence electrons. The topological polar surface area (TPSA) is 46.2 Å². The minimum Gasteiger partial charge on any atom is -0.314 e. The first-order valence-electron chi connectivity index (χ1n) is 5.96. The zero-order chi connectivity index (χ0) is 10.9. The zero-order valence-electron chi connectivity index (χ0n) is 9.41. The van der Waals surface area contributed by atoms with Gasteiger partial charge in [-0.15, -0.1) is 0 Å². The normalized spacial score (nSPS) is 34.9. The molecule has 0 aromatic heterocycles. The molecule has 3 atom stereocenters. The van der Waals surface area contributed by atoms with E-state index in [1.807, 2.05) is 0 Å². The van der Waals surface area contributed by atoms with Crippen LogP contribution in [0.2, 0.25) is 0 Å². The van der Waals surface area contributed by atoms with Crippen molar-refractivity contribution in [2.45, 2.75) is 38.1 Å². The van der Waals surface area contributed by atoms with E-state index < -0.39 is 9.84 Å². The molecule has 0 saturated heterocycles. The molecular weight excluding hydrogens is 210 g/mol. The average molecular weight is 231 g/mol. The van der Waals surface area contributed by atoms with Crippen LogP contribution in [-0.4, -0.2) is 33.0 Å². The van der Waals surface area contributed by atoms with E-state index in [2.05, 4.69) is 5.32 Å². The van der Waals surface area contributed by atoms with Crippen LogP contribution in [0.4, 0.5) is 0 Å². The summed E-state index contributed by atoms with van der Waals surface area (Å²) in [6.07, 6.45) is 7.60. The lowest BCUT2D eigenvalue weighted by Crippen LogP contribution is -2.35. The summed E-state index contributed by atoms with van der Waals surface area (Å²) in [5, 5.41) is 3.52. The standard InChI is InChI=1S/C11H21NO2S/c1-15(13,14)6-2-5-12-11-8-9-3-4-10(11)7-9/h9-12H,2-8H2,1H3. The molecule has 0 spiro atoms. The molecule has 2 saturated carbocycles. The summed E-state index contributed by atoms with van der Waals surface area (Å²) in [4.78, 5) is 0. The molecule has 0 aromatic carbocycles. The highest BCUT2D eigenvalue weighted by Crippen LogP contribution is 2.44. The first-order chi connectivity index (χ1) is 7.04. The largest absolute Gasteiger partial charge is 0.314 e. The second-order valence-electron chi connectivity index (χ2n) is 5.22. The van der Waals surface area contributed by atoms with Gasteiger partial charge in [0.15, 0.2) is 0 Å². The Balaban J connectivity index is 1.63. The molecule has 2 rings (SSSR count). The monoisotopic (exact) mass is 231 g/mol. The Bertz CT molecular complexity index is 313. The maximum absolute atomic E-state index is 10.9. The van der Waals surface area contributed by atoms with E-state index in [0.29, 0.717) is 11.8 Å². The Hall–Kier alpha value is -0.0900. The van der Waals surface area contributed by atoms with Crippen LogP contribution in [-0.2, 0) is 9.84 Å². The maximum atomic E-state index is 10.9. The molecule has 4 heteroatoms. The van der Waals surface area contributed by atoms with Crippen LogP contribution >= 0.6 is 0 Å². The van der Waals surface area contributed by atoms with Gasteiger partial charge in [0.25, 0.3) is 0 Å². The maximum Gasteiger partial charge on any atom is 0.147 e. The van der Waals surface area contributed by atoms with Crippen LogP contribution in [0, 0.1) is 11.8 Å². The number of rotatable bonds is 5. The lowest BCUT2D eigenvalue weighted by molar-refractivity contribution is 0.353. The second-order valence-corrected chi connectivity index (χ2v) is 7.48. The van der Waals surface area contributed by atoms with Crippen molar-refractivity contribution in [3.8, 4) is 0 Å². The zero-order valence-corrected chi connectivity index (χ0v) is 10.2. The van der Waals surface area contributed by atoms with Crippen molar-refractivity contribution in [2.24, 2.45) is 11.8 Å². The van der Waals surface area contributed by atoms with Gasteiger partial charge in [-0.25, -0.2) is 8.42 Å². The molecule has 2 aliphatic rings. The Labute approximate surface area is 92.6 Å². The molecule has 3 unspecified atom stereocenters. The van der Waals surface area contributed by atoms with E-state index >= 15 is 0 Å². The minimum atomic E-state index is -2.77. The summed E-state index contributed by atoms with van der Waals surface area (Å²) < 4.78 is 21.9. The van der Waals surface area contributed by atoms with Gasteiger partial charge < -0.3 is 5.32 Å². The lowest BCUT2D eigenvalue weighted by Gasteiger charge is -2.22. The smallest absolute Gasteiger partial charge is 0.147 e. The van der Waals surface area contributed by atoms with Gasteiger partial charge in [-0.1, -0.05) is 6.42 Å². The van der Waals surface area contributed by atoms with Crippen LogP contribution in [0.25, 0.3) is 0 Å². The molecule has 0 aliphatic heterocycles. The van der Waals surface area contributed by atoms with Crippen molar-refractivity contribution < 1.29 is 8.42 Å². The van der Waals surface area contributed by atoms with Crippen molar-refractivity contribution in [1.29, 1.82) is 0 Å². The highest BCUT2D eigenvalue weighted by molar-refractivity contribution is 7.90. The van der Waals surface area contributed by atoms with Crippen molar-refractivity contribution >= 4 is 9.84 Å². The van der Waals surface area contributed by atoms with Crippen LogP contribution in [0.3, 0.4) is 0 Å². The van der Waals surface area contributed by atoms with Crippen molar-refractivity contribution in [3.63, 3.8) is 0 Å². The number of hydrogen-bond acceptors (Lipinski definition) is 3. The summed E-state index contributed by atoms with van der Waals surface area (Å²) in [6, 6.07) is 0.684. The van der Waals surface area contributed by atoms with Crippen LogP contribution < -0.4 is 5.32 Å². The molecular formula is C11H21NO2S. The van der Waals surface area contributed by atoms with Crippen molar-refractivity contribution in [3.05, 3.63) is 0 Å². The highest BCUT2D eigenvalue weighted by Gasteiger charge is 2.38. The number of fused-ring (bicyclic) bond motifs is 2. The summed E-state index contributed by atoms with van der Waals surface area (Å²) in [6.45, 7) is 0.862. The summed E-state index contributed by atoms with van der Waals surface area (Å²) in [5.41, 5.74) is 0. The van der Waals surface area contributed by atoms with Crippen LogP contribution in [0.15, 0.2) is 0 Å². The Morgan fingerprint density at radius 2 is 2.07 bits per heavy atom. The van der Waals surface area contributed by atoms with E-state index in [0.717, 1.165) is 24.8 Å². The van der Waals surface area contributed by atoms with Crippen LogP contribution in [0.5, 0.6) is 0 Å². The third kappa shape index (κ3) is 3.18. The van der Waals surface area contributed by atoms with Crippen LogP contribution in [0.1, 0.15) is 32.1 Å². The van der Waals surface area contributed by atoms with Gasteiger partial charge in [0.1, 0.15) is 9.84 Å². The fourth-order valence-electron chi connectivity index (χ4n) is 3.12. The Morgan fingerprint density at radius 3 is 2.60 bits per heavy atom. The first-order valence-corrected chi connectivity index (χ1v) is 8.02. The third-order valence-corrected chi connectivity index (χ3v) is 4.87. The van der Waals surface area contributed by atoms with Gasteiger partial charge in [-0.3, -0.25) is 0 Å². The molecule has 0 amide bonds. The van der Waals surface area contributed by atoms with E-state index in [1.54, 1.807) is 0 Å². The molecule has 2 fully saturated rings. The lowest BCUT2D eigenvalue weighted by atomic mass is 9.95. The summed E-state index contributed by atoms with van der Waals surface area (Å²) >= 11 is 0. The quantitative estimate of drug-likeness (QED) is 0.723. The highest BCUT2D eigenvalue weighted by atomic mass is 32.2. The predicted molar refractivity (Wildman–Crippen MR) is 61.6 cm³/mol. The van der Waals surface area contributed by atoms with E-state index in [1.165, 1.54) is 31.9 Å². The Morgan fingerprint density at radius 1 is 1.27 bits per heavy atom. The number of nitrogens with one attached hydrogen (secondary N) is 1. The van der Waals surface area contributed by atoms with Crippen molar-refractivity contribution in [1.82, 2.24) is 5.32 Å². The van der Waals surface area contributed by atoms with Crippen molar-refractivity contribution in [2.75, 3.05) is 18.6 Å².